The second kappa shape index (κ2) is 4.04. The van der Waals surface area contributed by atoms with Crippen molar-refractivity contribution in [2.45, 2.75) is 25.3 Å². The zero-order valence-electron chi connectivity index (χ0n) is 9.31. The largest absolute Gasteiger partial charge is 0.478 e. The average molecular weight is 220 g/mol. The number of hydrogen-bond acceptors (Lipinski definition) is 3. The number of nitrogen functional groups attached to an aromatic ring is 1. The molecule has 0 radical (unpaired) electrons. The molecular weight excluding hydrogens is 204 g/mol. The van der Waals surface area contributed by atoms with Gasteiger partial charge in [-0.3, -0.25) is 0 Å². The van der Waals surface area contributed by atoms with Crippen molar-refractivity contribution >= 4 is 17.3 Å². The van der Waals surface area contributed by atoms with Crippen molar-refractivity contribution in [1.82, 2.24) is 0 Å². The number of carboxylic acid groups (broad SMARTS) is 1. The summed E-state index contributed by atoms with van der Waals surface area (Å²) in [6.45, 7) is 0. The molecular formula is C12H16N2O2. The highest BCUT2D eigenvalue weighted by Crippen LogP contribution is 2.29. The summed E-state index contributed by atoms with van der Waals surface area (Å²) in [6.07, 6.45) is 3.69. The van der Waals surface area contributed by atoms with Gasteiger partial charge in [-0.1, -0.05) is 0 Å². The molecule has 1 aliphatic carbocycles. The lowest BCUT2D eigenvalue weighted by Gasteiger charge is -2.36. The molecule has 1 aromatic rings. The predicted octanol–water partition coefficient (Wildman–Crippen LogP) is 1.96. The summed E-state index contributed by atoms with van der Waals surface area (Å²) in [7, 11) is 2.03. The van der Waals surface area contributed by atoms with Crippen LogP contribution in [0.2, 0.25) is 0 Å². The number of carbonyl (C=O) groups is 1. The third-order valence-corrected chi connectivity index (χ3v) is 3.30. The molecule has 0 spiro atoms. The molecule has 1 fully saturated rings. The summed E-state index contributed by atoms with van der Waals surface area (Å²) in [5.41, 5.74) is 7.21. The predicted molar refractivity (Wildman–Crippen MR) is 63.9 cm³/mol. The first-order valence-electron chi connectivity index (χ1n) is 5.45. The second-order valence-corrected chi connectivity index (χ2v) is 4.27. The Hall–Kier alpha value is -1.71. The maximum absolute atomic E-state index is 10.8. The minimum atomic E-state index is -0.977. The Kier molecular flexibility index (Phi) is 2.73. The van der Waals surface area contributed by atoms with E-state index >= 15 is 0 Å². The summed E-state index contributed by atoms with van der Waals surface area (Å²) in [5.74, 6) is -0.977. The van der Waals surface area contributed by atoms with Gasteiger partial charge in [0.25, 0.3) is 0 Å². The van der Waals surface area contributed by atoms with Crippen LogP contribution in [0, 0.1) is 0 Å². The van der Waals surface area contributed by atoms with Crippen molar-refractivity contribution < 1.29 is 9.90 Å². The number of hydrogen-bond donors (Lipinski definition) is 2. The molecule has 1 saturated carbocycles. The zero-order chi connectivity index (χ0) is 11.7. The molecule has 0 amide bonds. The van der Waals surface area contributed by atoms with E-state index in [1.54, 1.807) is 12.1 Å². The van der Waals surface area contributed by atoms with Crippen LogP contribution in [0.5, 0.6) is 0 Å². The van der Waals surface area contributed by atoms with Gasteiger partial charge in [-0.25, -0.2) is 4.79 Å². The first-order chi connectivity index (χ1) is 7.59. The Balaban J connectivity index is 2.22. The van der Waals surface area contributed by atoms with Gasteiger partial charge in [-0.05, 0) is 37.5 Å². The van der Waals surface area contributed by atoms with Crippen molar-refractivity contribution in [3.63, 3.8) is 0 Å². The smallest absolute Gasteiger partial charge is 0.337 e. The van der Waals surface area contributed by atoms with Crippen LogP contribution in [-0.2, 0) is 0 Å². The lowest BCUT2D eigenvalue weighted by atomic mass is 9.91. The Bertz CT molecular complexity index is 413. The van der Waals surface area contributed by atoms with Gasteiger partial charge in [0, 0.05) is 24.5 Å². The van der Waals surface area contributed by atoms with Gasteiger partial charge in [0.1, 0.15) is 0 Å². The molecule has 0 unspecified atom stereocenters. The van der Waals surface area contributed by atoms with E-state index in [1.165, 1.54) is 19.3 Å². The fourth-order valence-corrected chi connectivity index (χ4v) is 1.95. The molecule has 0 heterocycles. The lowest BCUT2D eigenvalue weighted by Crippen LogP contribution is -2.37. The number of aromatic carboxylic acids is 1. The molecule has 16 heavy (non-hydrogen) atoms. The molecule has 0 bridgehead atoms. The topological polar surface area (TPSA) is 66.6 Å². The van der Waals surface area contributed by atoms with Crippen LogP contribution in [0.15, 0.2) is 18.2 Å². The normalized spacial score (nSPS) is 15.6. The highest BCUT2D eigenvalue weighted by Gasteiger charge is 2.22. The minimum absolute atomic E-state index is 0.172. The molecule has 3 N–H and O–H groups in total. The molecule has 4 nitrogen and oxygen atoms in total. The van der Waals surface area contributed by atoms with Gasteiger partial charge in [0.05, 0.1) is 5.56 Å². The molecule has 0 saturated heterocycles. The summed E-state index contributed by atoms with van der Waals surface area (Å²) in [4.78, 5) is 13.0. The Morgan fingerprint density at radius 3 is 2.62 bits per heavy atom. The van der Waals surface area contributed by atoms with Crippen molar-refractivity contribution in [1.29, 1.82) is 0 Å². The molecule has 0 atom stereocenters. The van der Waals surface area contributed by atoms with Gasteiger partial charge >= 0.3 is 5.97 Å². The van der Waals surface area contributed by atoms with Gasteiger partial charge in [0.15, 0.2) is 0 Å². The van der Waals surface area contributed by atoms with Gasteiger partial charge in [-0.15, -0.1) is 0 Å². The van der Waals surface area contributed by atoms with Crippen molar-refractivity contribution in [3.8, 4) is 0 Å². The number of carboxylic acids is 1. The van der Waals surface area contributed by atoms with Gasteiger partial charge in [-0.2, -0.15) is 0 Å². The van der Waals surface area contributed by atoms with Crippen LogP contribution < -0.4 is 10.6 Å². The van der Waals surface area contributed by atoms with Crippen molar-refractivity contribution in [3.05, 3.63) is 23.8 Å². The summed E-state index contributed by atoms with van der Waals surface area (Å²) in [6, 6.07) is 5.71. The Morgan fingerprint density at radius 1 is 1.50 bits per heavy atom. The first kappa shape index (κ1) is 10.8. The fraction of sp³-hybridized carbons (Fsp3) is 0.417. The number of benzene rings is 1. The van der Waals surface area contributed by atoms with Gasteiger partial charge in [0.2, 0.25) is 0 Å². The van der Waals surface area contributed by atoms with E-state index in [2.05, 4.69) is 4.90 Å². The molecule has 86 valence electrons. The highest BCUT2D eigenvalue weighted by atomic mass is 16.4. The molecule has 0 aliphatic heterocycles. The van der Waals surface area contributed by atoms with E-state index in [0.29, 0.717) is 11.7 Å². The maximum atomic E-state index is 10.8. The van der Waals surface area contributed by atoms with Crippen LogP contribution in [0.1, 0.15) is 29.6 Å². The van der Waals surface area contributed by atoms with E-state index in [0.717, 1.165) is 5.69 Å². The van der Waals surface area contributed by atoms with Crippen LogP contribution in [0.25, 0.3) is 0 Å². The monoisotopic (exact) mass is 220 g/mol. The van der Waals surface area contributed by atoms with E-state index < -0.39 is 5.97 Å². The first-order valence-corrected chi connectivity index (χ1v) is 5.45. The number of anilines is 2. The molecule has 1 aliphatic rings. The Morgan fingerprint density at radius 2 is 2.19 bits per heavy atom. The van der Waals surface area contributed by atoms with E-state index in [-0.39, 0.29) is 5.56 Å². The summed E-state index contributed by atoms with van der Waals surface area (Å²) < 4.78 is 0. The van der Waals surface area contributed by atoms with Crippen molar-refractivity contribution in [2.24, 2.45) is 0 Å². The van der Waals surface area contributed by atoms with Gasteiger partial charge < -0.3 is 15.7 Å². The third-order valence-electron chi connectivity index (χ3n) is 3.30. The average Bonchev–Trinajstić information content (AvgIpc) is 2.14. The van der Waals surface area contributed by atoms with Crippen LogP contribution in [0.3, 0.4) is 0 Å². The van der Waals surface area contributed by atoms with E-state index in [9.17, 15) is 4.79 Å². The number of nitrogens with zero attached hydrogens (tertiary/aromatic N) is 1. The lowest BCUT2D eigenvalue weighted by molar-refractivity contribution is 0.0698. The summed E-state index contributed by atoms with van der Waals surface area (Å²) >= 11 is 0. The number of nitrogens with two attached hydrogens (primary N) is 1. The van der Waals surface area contributed by atoms with Crippen LogP contribution in [0.4, 0.5) is 11.4 Å². The molecule has 1 aromatic carbocycles. The quantitative estimate of drug-likeness (QED) is 0.764. The zero-order valence-corrected chi connectivity index (χ0v) is 9.31. The minimum Gasteiger partial charge on any atom is -0.478 e. The maximum Gasteiger partial charge on any atom is 0.337 e. The second-order valence-electron chi connectivity index (χ2n) is 4.27. The molecule has 4 heteroatoms. The molecule has 2 rings (SSSR count). The SMILES string of the molecule is CN(c1ccc(C(=O)O)c(N)c1)C1CCC1. The highest BCUT2D eigenvalue weighted by molar-refractivity contribution is 5.94. The van der Waals surface area contributed by atoms with Crippen molar-refractivity contribution in [2.75, 3.05) is 17.7 Å². The fourth-order valence-electron chi connectivity index (χ4n) is 1.95. The van der Waals surface area contributed by atoms with E-state index in [4.69, 9.17) is 10.8 Å². The number of rotatable bonds is 3. The molecule has 0 aromatic heterocycles. The Labute approximate surface area is 94.7 Å². The van der Waals surface area contributed by atoms with Crippen LogP contribution in [-0.4, -0.2) is 24.2 Å². The standard InChI is InChI=1S/C12H16N2O2/c1-14(8-3-2-4-8)9-5-6-10(12(15)16)11(13)7-9/h5-8H,2-4,13H2,1H3,(H,15,16). The summed E-state index contributed by atoms with van der Waals surface area (Å²) in [5, 5.41) is 8.87. The van der Waals surface area contributed by atoms with E-state index in [1.807, 2.05) is 13.1 Å². The van der Waals surface area contributed by atoms with Crippen LogP contribution >= 0.6 is 0 Å². The third kappa shape index (κ3) is 1.83.